The van der Waals surface area contributed by atoms with Crippen LogP contribution in [0.5, 0.6) is 0 Å². The molecule has 0 saturated carbocycles. The third kappa shape index (κ3) is 2.62. The summed E-state index contributed by atoms with van der Waals surface area (Å²) in [6.45, 7) is 5.07. The highest BCUT2D eigenvalue weighted by molar-refractivity contribution is 7.89. The van der Waals surface area contributed by atoms with Gasteiger partial charge in [0.05, 0.1) is 5.52 Å². The lowest BCUT2D eigenvalue weighted by Crippen LogP contribution is -2.47. The molecule has 2 saturated heterocycles. The number of piperidine rings is 1. The topological polar surface area (TPSA) is 62.3 Å². The van der Waals surface area contributed by atoms with E-state index in [0.717, 1.165) is 43.3 Å². The first-order valence-electron chi connectivity index (χ1n) is 8.57. The standard InChI is InChI=1S/C18H23N3O2S/c1-14-10-15-4-2-7-20-17(15)16(11-14)24(22,23)21-9-3-5-18(13-21)6-8-19-12-18/h2,4,7,10-11,19H,3,5-6,8-9,12-13H2,1H3/t18-/m0/s1. The fourth-order valence-electron chi connectivity index (χ4n) is 4.15. The van der Waals surface area contributed by atoms with Gasteiger partial charge in [-0.25, -0.2) is 8.42 Å². The first-order chi connectivity index (χ1) is 11.5. The van der Waals surface area contributed by atoms with Crippen molar-refractivity contribution in [3.05, 3.63) is 36.0 Å². The zero-order chi connectivity index (χ0) is 16.8. The number of aryl methyl sites for hydroxylation is 1. The minimum Gasteiger partial charge on any atom is -0.316 e. The molecule has 4 rings (SSSR count). The number of sulfonamides is 1. The van der Waals surface area contributed by atoms with Crippen molar-refractivity contribution in [1.82, 2.24) is 14.6 Å². The summed E-state index contributed by atoms with van der Waals surface area (Å²) in [6, 6.07) is 7.52. The normalized spacial score (nSPS) is 25.5. The van der Waals surface area contributed by atoms with Crippen LogP contribution < -0.4 is 5.32 Å². The Hall–Kier alpha value is -1.50. The molecule has 0 amide bonds. The summed E-state index contributed by atoms with van der Waals surface area (Å²) in [4.78, 5) is 4.70. The fourth-order valence-corrected chi connectivity index (χ4v) is 5.99. The number of nitrogens with one attached hydrogen (secondary N) is 1. The Morgan fingerprint density at radius 3 is 2.96 bits per heavy atom. The average molecular weight is 345 g/mol. The zero-order valence-electron chi connectivity index (χ0n) is 14.0. The summed E-state index contributed by atoms with van der Waals surface area (Å²) in [6.07, 6.45) is 4.76. The third-order valence-electron chi connectivity index (χ3n) is 5.39. The highest BCUT2D eigenvalue weighted by atomic mass is 32.2. The van der Waals surface area contributed by atoms with E-state index in [2.05, 4.69) is 10.3 Å². The van der Waals surface area contributed by atoms with E-state index in [1.165, 1.54) is 0 Å². The highest BCUT2D eigenvalue weighted by Crippen LogP contribution is 2.38. The zero-order valence-corrected chi connectivity index (χ0v) is 14.8. The number of rotatable bonds is 2. The molecule has 0 radical (unpaired) electrons. The van der Waals surface area contributed by atoms with Gasteiger partial charge in [0, 0.05) is 31.2 Å². The fraction of sp³-hybridized carbons (Fsp3) is 0.500. The van der Waals surface area contributed by atoms with Crippen LogP contribution in [0.15, 0.2) is 35.4 Å². The molecule has 2 fully saturated rings. The first-order valence-corrected chi connectivity index (χ1v) is 10.0. The van der Waals surface area contributed by atoms with E-state index in [9.17, 15) is 8.42 Å². The second-order valence-electron chi connectivity index (χ2n) is 7.21. The third-order valence-corrected chi connectivity index (χ3v) is 7.25. The second-order valence-corrected chi connectivity index (χ2v) is 9.11. The number of hydrogen-bond donors (Lipinski definition) is 1. The molecule has 1 spiro atoms. The van der Waals surface area contributed by atoms with E-state index >= 15 is 0 Å². The van der Waals surface area contributed by atoms with Crippen LogP contribution in [0, 0.1) is 12.3 Å². The summed E-state index contributed by atoms with van der Waals surface area (Å²) in [5.41, 5.74) is 1.63. The van der Waals surface area contributed by atoms with Gasteiger partial charge in [-0.1, -0.05) is 6.07 Å². The summed E-state index contributed by atoms with van der Waals surface area (Å²) in [5.74, 6) is 0. The number of nitrogens with zero attached hydrogens (tertiary/aromatic N) is 2. The molecule has 2 aromatic rings. The van der Waals surface area contributed by atoms with Crippen molar-refractivity contribution in [2.75, 3.05) is 26.2 Å². The predicted molar refractivity (Wildman–Crippen MR) is 94.4 cm³/mol. The van der Waals surface area contributed by atoms with Crippen molar-refractivity contribution in [2.24, 2.45) is 5.41 Å². The van der Waals surface area contributed by atoms with Crippen molar-refractivity contribution in [3.8, 4) is 0 Å². The maximum Gasteiger partial charge on any atom is 0.245 e. The van der Waals surface area contributed by atoms with Gasteiger partial charge in [0.25, 0.3) is 0 Å². The number of pyridine rings is 1. The van der Waals surface area contributed by atoms with Crippen LogP contribution in [0.1, 0.15) is 24.8 Å². The van der Waals surface area contributed by atoms with Crippen molar-refractivity contribution in [2.45, 2.75) is 31.1 Å². The molecule has 0 aliphatic carbocycles. The van der Waals surface area contributed by atoms with E-state index in [4.69, 9.17) is 0 Å². The molecule has 2 aliphatic heterocycles. The van der Waals surface area contributed by atoms with Crippen molar-refractivity contribution >= 4 is 20.9 Å². The van der Waals surface area contributed by atoms with E-state index in [1.807, 2.05) is 25.1 Å². The van der Waals surface area contributed by atoms with Gasteiger partial charge in [-0.3, -0.25) is 4.98 Å². The molecule has 1 aromatic carbocycles. The van der Waals surface area contributed by atoms with Crippen LogP contribution in [0.3, 0.4) is 0 Å². The van der Waals surface area contributed by atoms with Crippen LogP contribution in [-0.4, -0.2) is 43.9 Å². The van der Waals surface area contributed by atoms with Crippen LogP contribution in [-0.2, 0) is 10.0 Å². The number of benzene rings is 1. The van der Waals surface area contributed by atoms with Gasteiger partial charge < -0.3 is 5.32 Å². The predicted octanol–water partition coefficient (Wildman–Crippen LogP) is 2.31. The van der Waals surface area contributed by atoms with Crippen LogP contribution in [0.4, 0.5) is 0 Å². The lowest BCUT2D eigenvalue weighted by atomic mass is 9.80. The van der Waals surface area contributed by atoms with Gasteiger partial charge in [-0.15, -0.1) is 0 Å². The Bertz CT molecular complexity index is 873. The van der Waals surface area contributed by atoms with Crippen LogP contribution >= 0.6 is 0 Å². The largest absolute Gasteiger partial charge is 0.316 e. The number of aromatic nitrogens is 1. The van der Waals surface area contributed by atoms with Crippen molar-refractivity contribution < 1.29 is 8.42 Å². The Morgan fingerprint density at radius 1 is 1.29 bits per heavy atom. The van der Waals surface area contributed by atoms with E-state index in [1.54, 1.807) is 16.6 Å². The van der Waals surface area contributed by atoms with Crippen molar-refractivity contribution in [1.29, 1.82) is 0 Å². The van der Waals surface area contributed by atoms with Gasteiger partial charge in [-0.05, 0) is 61.9 Å². The van der Waals surface area contributed by atoms with Crippen LogP contribution in [0.2, 0.25) is 0 Å². The molecule has 1 N–H and O–H groups in total. The second kappa shape index (κ2) is 5.79. The summed E-state index contributed by atoms with van der Waals surface area (Å²) >= 11 is 0. The highest BCUT2D eigenvalue weighted by Gasteiger charge is 2.42. The van der Waals surface area contributed by atoms with Gasteiger partial charge in [0.1, 0.15) is 4.90 Å². The Labute approximate surface area is 143 Å². The molecule has 3 heterocycles. The van der Waals surface area contributed by atoms with Gasteiger partial charge in [0.15, 0.2) is 0 Å². The van der Waals surface area contributed by atoms with Gasteiger partial charge >= 0.3 is 0 Å². The molecule has 1 aromatic heterocycles. The minimum absolute atomic E-state index is 0.110. The molecule has 0 unspecified atom stereocenters. The SMILES string of the molecule is Cc1cc(S(=O)(=O)N2CCC[C@@]3(CCNC3)C2)c2ncccc2c1. The smallest absolute Gasteiger partial charge is 0.245 e. The molecule has 6 heteroatoms. The molecule has 128 valence electrons. The molecular weight excluding hydrogens is 322 g/mol. The summed E-state index contributed by atoms with van der Waals surface area (Å²) in [5, 5.41) is 4.28. The molecule has 1 atom stereocenters. The lowest BCUT2D eigenvalue weighted by Gasteiger charge is -2.39. The summed E-state index contributed by atoms with van der Waals surface area (Å²) < 4.78 is 28.4. The van der Waals surface area contributed by atoms with Gasteiger partial charge in [-0.2, -0.15) is 4.31 Å². The Morgan fingerprint density at radius 2 is 2.17 bits per heavy atom. The lowest BCUT2D eigenvalue weighted by molar-refractivity contribution is 0.167. The Kier molecular flexibility index (Phi) is 3.86. The molecule has 5 nitrogen and oxygen atoms in total. The van der Waals surface area contributed by atoms with Crippen molar-refractivity contribution in [3.63, 3.8) is 0 Å². The quantitative estimate of drug-likeness (QED) is 0.907. The Balaban J connectivity index is 1.78. The molecule has 24 heavy (non-hydrogen) atoms. The monoisotopic (exact) mass is 345 g/mol. The van der Waals surface area contributed by atoms with E-state index in [-0.39, 0.29) is 5.41 Å². The van der Waals surface area contributed by atoms with Gasteiger partial charge in [0.2, 0.25) is 10.0 Å². The van der Waals surface area contributed by atoms with E-state index < -0.39 is 10.0 Å². The van der Waals surface area contributed by atoms with E-state index in [0.29, 0.717) is 23.5 Å². The average Bonchev–Trinajstić information content (AvgIpc) is 3.01. The minimum atomic E-state index is -3.53. The molecule has 2 aliphatic rings. The maximum absolute atomic E-state index is 13.4. The maximum atomic E-state index is 13.4. The first kappa shape index (κ1) is 16.0. The number of fused-ring (bicyclic) bond motifs is 1. The molecule has 0 bridgehead atoms. The molecular formula is C18H23N3O2S. The summed E-state index contributed by atoms with van der Waals surface area (Å²) in [7, 11) is -3.53. The van der Waals surface area contributed by atoms with Crippen LogP contribution in [0.25, 0.3) is 10.9 Å². The number of hydrogen-bond acceptors (Lipinski definition) is 4.